The van der Waals surface area contributed by atoms with Crippen LogP contribution in [-0.2, 0) is 9.59 Å². The van der Waals surface area contributed by atoms with Crippen LogP contribution in [0.5, 0.6) is 0 Å². The third-order valence-corrected chi connectivity index (χ3v) is 4.58. The Balaban J connectivity index is 1.95. The van der Waals surface area contributed by atoms with Crippen molar-refractivity contribution >= 4 is 17.3 Å². The Bertz CT molecular complexity index is 811. The first-order valence-corrected chi connectivity index (χ1v) is 8.09. The van der Waals surface area contributed by atoms with E-state index in [1.165, 1.54) is 0 Å². The third kappa shape index (κ3) is 3.02. The molecular weight excluding hydrogens is 300 g/mol. The van der Waals surface area contributed by atoms with E-state index < -0.39 is 0 Å². The van der Waals surface area contributed by atoms with Crippen LogP contribution in [-0.4, -0.2) is 16.7 Å². The Morgan fingerprint density at radius 1 is 0.958 bits per heavy atom. The molecule has 1 aliphatic carbocycles. The van der Waals surface area contributed by atoms with E-state index >= 15 is 0 Å². The van der Waals surface area contributed by atoms with Gasteiger partial charge in [-0.05, 0) is 30.9 Å². The third-order valence-electron chi connectivity index (χ3n) is 4.58. The Hall–Kier alpha value is -2.68. The fourth-order valence-corrected chi connectivity index (χ4v) is 3.30. The highest BCUT2D eigenvalue weighted by Gasteiger charge is 2.34. The first kappa shape index (κ1) is 16.2. The van der Waals surface area contributed by atoms with Crippen molar-refractivity contribution in [3.63, 3.8) is 0 Å². The molecule has 0 radical (unpaired) electrons. The summed E-state index contributed by atoms with van der Waals surface area (Å²) >= 11 is 0. The van der Waals surface area contributed by atoms with Crippen LogP contribution in [0.3, 0.4) is 0 Å². The number of hydrogen-bond acceptors (Lipinski definition) is 3. The minimum absolute atomic E-state index is 0.0530. The van der Waals surface area contributed by atoms with Gasteiger partial charge in [0.2, 0.25) is 0 Å². The molecule has 3 rings (SSSR count). The number of aryl methyl sites for hydroxylation is 2. The summed E-state index contributed by atoms with van der Waals surface area (Å²) in [6, 6.07) is 14.8. The molecular formula is C21H20O3. The zero-order chi connectivity index (χ0) is 17.3. The SMILES string of the molecule is Cc1ccc(C)c(C2CC(=O)C(=C(O)c3ccccc3)C(=O)C2)c1. The van der Waals surface area contributed by atoms with E-state index in [2.05, 4.69) is 0 Å². The van der Waals surface area contributed by atoms with E-state index in [0.29, 0.717) is 5.56 Å². The van der Waals surface area contributed by atoms with Gasteiger partial charge in [0.25, 0.3) is 0 Å². The van der Waals surface area contributed by atoms with E-state index in [-0.39, 0.29) is 41.7 Å². The Labute approximate surface area is 141 Å². The summed E-state index contributed by atoms with van der Waals surface area (Å²) in [7, 11) is 0. The number of carbonyl (C=O) groups is 2. The van der Waals surface area contributed by atoms with Gasteiger partial charge in [0.1, 0.15) is 11.3 Å². The van der Waals surface area contributed by atoms with E-state index in [1.54, 1.807) is 24.3 Å². The van der Waals surface area contributed by atoms with Gasteiger partial charge in [0, 0.05) is 18.4 Å². The zero-order valence-corrected chi connectivity index (χ0v) is 13.9. The largest absolute Gasteiger partial charge is 0.506 e. The maximum Gasteiger partial charge on any atom is 0.170 e. The van der Waals surface area contributed by atoms with Crippen molar-refractivity contribution < 1.29 is 14.7 Å². The molecule has 0 unspecified atom stereocenters. The first-order valence-electron chi connectivity index (χ1n) is 8.09. The number of hydrogen-bond donors (Lipinski definition) is 1. The quantitative estimate of drug-likeness (QED) is 0.510. The number of benzene rings is 2. The maximum atomic E-state index is 12.6. The lowest BCUT2D eigenvalue weighted by molar-refractivity contribution is -0.124. The number of aliphatic hydroxyl groups is 1. The lowest BCUT2D eigenvalue weighted by atomic mass is 9.77. The van der Waals surface area contributed by atoms with Crippen molar-refractivity contribution in [2.24, 2.45) is 0 Å². The number of ketones is 2. The molecule has 0 bridgehead atoms. The number of rotatable bonds is 2. The molecule has 24 heavy (non-hydrogen) atoms. The van der Waals surface area contributed by atoms with Crippen LogP contribution in [0.1, 0.15) is 41.0 Å². The highest BCUT2D eigenvalue weighted by molar-refractivity contribution is 6.26. The molecule has 1 N–H and O–H groups in total. The molecule has 0 aromatic heterocycles. The first-order chi connectivity index (χ1) is 11.5. The maximum absolute atomic E-state index is 12.6. The standard InChI is InChI=1S/C21H20O3/c1-13-8-9-14(2)17(10-13)16-11-18(22)20(19(23)12-16)21(24)15-6-4-3-5-7-15/h3-10,16,24H,11-12H2,1-2H3. The average Bonchev–Trinajstić information content (AvgIpc) is 2.57. The molecule has 1 aliphatic rings. The average molecular weight is 320 g/mol. The molecule has 1 saturated carbocycles. The van der Waals surface area contributed by atoms with Gasteiger partial charge in [0.15, 0.2) is 11.6 Å². The topological polar surface area (TPSA) is 54.4 Å². The van der Waals surface area contributed by atoms with E-state index in [4.69, 9.17) is 0 Å². The molecule has 2 aromatic rings. The van der Waals surface area contributed by atoms with Crippen LogP contribution >= 0.6 is 0 Å². The molecule has 0 atom stereocenters. The lowest BCUT2D eigenvalue weighted by Crippen LogP contribution is -2.26. The number of aliphatic hydroxyl groups excluding tert-OH is 1. The number of Topliss-reactive ketones (excluding diaryl/α,β-unsaturated/α-hetero) is 2. The summed E-state index contributed by atoms with van der Waals surface area (Å²) in [5, 5.41) is 10.4. The summed E-state index contributed by atoms with van der Waals surface area (Å²) in [5.74, 6) is -0.876. The molecule has 3 nitrogen and oxygen atoms in total. The van der Waals surface area contributed by atoms with Crippen LogP contribution in [0.25, 0.3) is 5.76 Å². The van der Waals surface area contributed by atoms with Gasteiger partial charge in [0.05, 0.1) is 0 Å². The summed E-state index contributed by atoms with van der Waals surface area (Å²) in [4.78, 5) is 25.1. The molecule has 0 heterocycles. The molecule has 1 fully saturated rings. The molecule has 0 spiro atoms. The number of allylic oxidation sites excluding steroid dienone is 1. The number of carbonyl (C=O) groups excluding carboxylic acids is 2. The van der Waals surface area contributed by atoms with Crippen molar-refractivity contribution in [2.75, 3.05) is 0 Å². The van der Waals surface area contributed by atoms with Gasteiger partial charge in [-0.2, -0.15) is 0 Å². The van der Waals surface area contributed by atoms with Gasteiger partial charge in [-0.25, -0.2) is 0 Å². The predicted molar refractivity (Wildman–Crippen MR) is 93.9 cm³/mol. The van der Waals surface area contributed by atoms with Crippen LogP contribution < -0.4 is 0 Å². The Morgan fingerprint density at radius 2 is 1.58 bits per heavy atom. The summed E-state index contributed by atoms with van der Waals surface area (Å²) in [6.45, 7) is 4.00. The van der Waals surface area contributed by atoms with E-state index in [0.717, 1.165) is 16.7 Å². The fourth-order valence-electron chi connectivity index (χ4n) is 3.30. The smallest absolute Gasteiger partial charge is 0.170 e. The Kier molecular flexibility index (Phi) is 4.34. The van der Waals surface area contributed by atoms with Crippen LogP contribution in [0.15, 0.2) is 54.1 Å². The van der Waals surface area contributed by atoms with Gasteiger partial charge >= 0.3 is 0 Å². The highest BCUT2D eigenvalue weighted by Crippen LogP contribution is 2.35. The van der Waals surface area contributed by atoms with Crippen molar-refractivity contribution in [2.45, 2.75) is 32.6 Å². The minimum atomic E-state index is -0.279. The van der Waals surface area contributed by atoms with Gasteiger partial charge in [-0.15, -0.1) is 0 Å². The molecule has 0 aliphatic heterocycles. The Morgan fingerprint density at radius 3 is 2.21 bits per heavy atom. The predicted octanol–water partition coefficient (Wildman–Crippen LogP) is 4.29. The second-order valence-corrected chi connectivity index (χ2v) is 6.40. The minimum Gasteiger partial charge on any atom is -0.506 e. The highest BCUT2D eigenvalue weighted by atomic mass is 16.3. The molecule has 0 amide bonds. The normalized spacial score (nSPS) is 17.9. The second kappa shape index (κ2) is 6.44. The summed E-state index contributed by atoms with van der Waals surface area (Å²) in [6.07, 6.45) is 0.504. The molecule has 3 heteroatoms. The molecule has 0 saturated heterocycles. The fraction of sp³-hybridized carbons (Fsp3) is 0.238. The monoisotopic (exact) mass is 320 g/mol. The van der Waals surface area contributed by atoms with E-state index in [9.17, 15) is 14.7 Å². The zero-order valence-electron chi connectivity index (χ0n) is 13.9. The molecule has 2 aromatic carbocycles. The van der Waals surface area contributed by atoms with Crippen LogP contribution in [0.4, 0.5) is 0 Å². The van der Waals surface area contributed by atoms with E-state index in [1.807, 2.05) is 38.1 Å². The van der Waals surface area contributed by atoms with Crippen molar-refractivity contribution in [3.8, 4) is 0 Å². The van der Waals surface area contributed by atoms with Gasteiger partial charge in [-0.3, -0.25) is 9.59 Å². The van der Waals surface area contributed by atoms with Crippen molar-refractivity contribution in [1.82, 2.24) is 0 Å². The lowest BCUT2D eigenvalue weighted by Gasteiger charge is -2.24. The molecule has 122 valence electrons. The van der Waals surface area contributed by atoms with Crippen molar-refractivity contribution in [1.29, 1.82) is 0 Å². The van der Waals surface area contributed by atoms with Gasteiger partial charge in [-0.1, -0.05) is 54.1 Å². The second-order valence-electron chi connectivity index (χ2n) is 6.40. The summed E-state index contributed by atoms with van der Waals surface area (Å²) < 4.78 is 0. The summed E-state index contributed by atoms with van der Waals surface area (Å²) in [5.41, 5.74) is 3.70. The van der Waals surface area contributed by atoms with Gasteiger partial charge < -0.3 is 5.11 Å². The van der Waals surface area contributed by atoms with Crippen molar-refractivity contribution in [3.05, 3.63) is 76.4 Å². The van der Waals surface area contributed by atoms with Crippen LogP contribution in [0.2, 0.25) is 0 Å². The van der Waals surface area contributed by atoms with Crippen LogP contribution in [0, 0.1) is 13.8 Å².